The highest BCUT2D eigenvalue weighted by Gasteiger charge is 2.21. The maximum atomic E-state index is 8.83. The fraction of sp³-hybridized carbons (Fsp3) is 0.625. The van der Waals surface area contributed by atoms with Crippen LogP contribution in [0.15, 0.2) is 22.7 Å². The van der Waals surface area contributed by atoms with Crippen LogP contribution in [-0.2, 0) is 11.3 Å². The molecule has 21 heavy (non-hydrogen) atoms. The summed E-state index contributed by atoms with van der Waals surface area (Å²) in [5.74, 6) is 0. The summed E-state index contributed by atoms with van der Waals surface area (Å²) in [4.78, 5) is 2.44. The number of piperidine rings is 1. The maximum Gasteiger partial charge on any atom is 0.0701 e. The Kier molecular flexibility index (Phi) is 6.96. The molecule has 0 aromatic heterocycles. The predicted octanol–water partition coefficient (Wildman–Crippen LogP) is 2.54. The monoisotopic (exact) mass is 356 g/mol. The van der Waals surface area contributed by atoms with E-state index < -0.39 is 0 Å². The number of benzene rings is 1. The zero-order chi connectivity index (χ0) is 15.1. The second-order valence-corrected chi connectivity index (χ2v) is 6.25. The van der Waals surface area contributed by atoms with E-state index in [1.54, 1.807) is 0 Å². The van der Waals surface area contributed by atoms with Gasteiger partial charge in [0.25, 0.3) is 0 Å². The summed E-state index contributed by atoms with van der Waals surface area (Å²) >= 11 is 3.58. The van der Waals surface area contributed by atoms with Crippen molar-refractivity contribution in [1.29, 1.82) is 0 Å². The first-order chi connectivity index (χ1) is 10.2. The number of ether oxygens (including phenoxy) is 1. The molecule has 0 radical (unpaired) electrons. The largest absolute Gasteiger partial charge is 0.394 e. The minimum absolute atomic E-state index is 0.110. The van der Waals surface area contributed by atoms with Crippen LogP contribution in [0.5, 0.6) is 0 Å². The van der Waals surface area contributed by atoms with E-state index in [1.165, 1.54) is 11.3 Å². The Morgan fingerprint density at radius 3 is 2.81 bits per heavy atom. The minimum atomic E-state index is 0.110. The molecule has 1 fully saturated rings. The number of hydrogen-bond acceptors (Lipinski definition) is 4. The number of aliphatic hydroxyl groups is 1. The second kappa shape index (κ2) is 8.73. The minimum Gasteiger partial charge on any atom is -0.394 e. The number of nitrogens with zero attached hydrogens (tertiary/aromatic N) is 1. The van der Waals surface area contributed by atoms with E-state index in [-0.39, 0.29) is 12.7 Å². The van der Waals surface area contributed by atoms with Gasteiger partial charge in [-0.1, -0.05) is 28.9 Å². The molecule has 2 rings (SSSR count). The van der Waals surface area contributed by atoms with Crippen molar-refractivity contribution < 1.29 is 9.84 Å². The van der Waals surface area contributed by atoms with Crippen molar-refractivity contribution in [1.82, 2.24) is 5.32 Å². The standard InChI is InChI=1S/C16H25BrN2O2/c1-2-18-12-13-3-4-14(17)11-16(13)19-7-5-15(6-8-19)21-10-9-20/h3-4,11,15,18,20H,2,5-10,12H2,1H3. The molecule has 118 valence electrons. The molecule has 4 nitrogen and oxygen atoms in total. The molecule has 1 aromatic rings. The number of anilines is 1. The lowest BCUT2D eigenvalue weighted by Gasteiger charge is -2.34. The van der Waals surface area contributed by atoms with E-state index in [9.17, 15) is 0 Å². The summed E-state index contributed by atoms with van der Waals surface area (Å²) in [6.07, 6.45) is 2.33. The summed E-state index contributed by atoms with van der Waals surface area (Å²) in [7, 11) is 0. The molecule has 1 aromatic carbocycles. The highest BCUT2D eigenvalue weighted by molar-refractivity contribution is 9.10. The molecule has 0 unspecified atom stereocenters. The summed E-state index contributed by atoms with van der Waals surface area (Å²) in [6.45, 7) is 6.58. The van der Waals surface area contributed by atoms with Crippen LogP contribution in [0.1, 0.15) is 25.3 Å². The van der Waals surface area contributed by atoms with Gasteiger partial charge in [0.05, 0.1) is 19.3 Å². The molecule has 1 aliphatic rings. The highest BCUT2D eigenvalue weighted by Crippen LogP contribution is 2.28. The van der Waals surface area contributed by atoms with Gasteiger partial charge < -0.3 is 20.1 Å². The Labute approximate surface area is 135 Å². The van der Waals surface area contributed by atoms with Crippen LogP contribution < -0.4 is 10.2 Å². The molecule has 1 saturated heterocycles. The molecular weight excluding hydrogens is 332 g/mol. The van der Waals surface area contributed by atoms with Gasteiger partial charge in [0.15, 0.2) is 0 Å². The lowest BCUT2D eigenvalue weighted by Crippen LogP contribution is -2.38. The number of nitrogens with one attached hydrogen (secondary N) is 1. The first kappa shape index (κ1) is 16.7. The van der Waals surface area contributed by atoms with Gasteiger partial charge in [-0.15, -0.1) is 0 Å². The average Bonchev–Trinajstić information content (AvgIpc) is 2.52. The quantitative estimate of drug-likeness (QED) is 0.787. The van der Waals surface area contributed by atoms with Gasteiger partial charge in [0.1, 0.15) is 0 Å². The van der Waals surface area contributed by atoms with Crippen molar-refractivity contribution in [3.63, 3.8) is 0 Å². The summed E-state index contributed by atoms with van der Waals surface area (Å²) in [5.41, 5.74) is 2.65. The van der Waals surface area contributed by atoms with E-state index in [0.717, 1.165) is 43.5 Å². The van der Waals surface area contributed by atoms with Crippen LogP contribution in [0.3, 0.4) is 0 Å². The summed E-state index contributed by atoms with van der Waals surface area (Å²) in [5, 5.41) is 12.2. The lowest BCUT2D eigenvalue weighted by atomic mass is 10.0. The van der Waals surface area contributed by atoms with E-state index in [1.807, 2.05) is 0 Å². The van der Waals surface area contributed by atoms with E-state index >= 15 is 0 Å². The van der Waals surface area contributed by atoms with Gasteiger partial charge in [-0.25, -0.2) is 0 Å². The van der Waals surface area contributed by atoms with Gasteiger partial charge in [-0.05, 0) is 37.1 Å². The molecular formula is C16H25BrN2O2. The number of halogens is 1. The molecule has 0 aliphatic carbocycles. The smallest absolute Gasteiger partial charge is 0.0701 e. The Bertz CT molecular complexity index is 434. The third-order valence-corrected chi connectivity index (χ3v) is 4.33. The molecule has 2 N–H and O–H groups in total. The fourth-order valence-corrected chi connectivity index (χ4v) is 3.07. The Morgan fingerprint density at radius 1 is 1.38 bits per heavy atom. The zero-order valence-electron chi connectivity index (χ0n) is 12.6. The van der Waals surface area contributed by atoms with E-state index in [4.69, 9.17) is 9.84 Å². The van der Waals surface area contributed by atoms with Crippen molar-refractivity contribution in [3.05, 3.63) is 28.2 Å². The average molecular weight is 357 g/mol. The first-order valence-corrected chi connectivity index (χ1v) is 8.50. The van der Waals surface area contributed by atoms with Crippen LogP contribution in [0.2, 0.25) is 0 Å². The summed E-state index contributed by atoms with van der Waals surface area (Å²) in [6, 6.07) is 6.51. The van der Waals surface area contributed by atoms with Crippen LogP contribution in [0.25, 0.3) is 0 Å². The Morgan fingerprint density at radius 2 is 2.14 bits per heavy atom. The molecule has 0 amide bonds. The van der Waals surface area contributed by atoms with Crippen molar-refractivity contribution in [2.75, 3.05) is 37.7 Å². The van der Waals surface area contributed by atoms with Crippen molar-refractivity contribution in [2.24, 2.45) is 0 Å². The van der Waals surface area contributed by atoms with E-state index in [0.29, 0.717) is 6.61 Å². The predicted molar refractivity (Wildman–Crippen MR) is 89.8 cm³/mol. The van der Waals surface area contributed by atoms with E-state index in [2.05, 4.69) is 51.3 Å². The molecule has 1 aliphatic heterocycles. The van der Waals surface area contributed by atoms with Crippen LogP contribution in [-0.4, -0.2) is 44.1 Å². The van der Waals surface area contributed by atoms with Gasteiger partial charge >= 0.3 is 0 Å². The number of rotatable bonds is 7. The Balaban J connectivity index is 1.99. The third-order valence-electron chi connectivity index (χ3n) is 3.84. The fourth-order valence-electron chi connectivity index (χ4n) is 2.72. The van der Waals surface area contributed by atoms with Gasteiger partial charge in [-0.2, -0.15) is 0 Å². The molecule has 0 saturated carbocycles. The lowest BCUT2D eigenvalue weighted by molar-refractivity contribution is 0.0159. The van der Waals surface area contributed by atoms with Gasteiger partial charge in [0.2, 0.25) is 0 Å². The number of aliphatic hydroxyl groups excluding tert-OH is 1. The van der Waals surface area contributed by atoms with Crippen molar-refractivity contribution >= 4 is 21.6 Å². The zero-order valence-corrected chi connectivity index (χ0v) is 14.2. The van der Waals surface area contributed by atoms with Crippen LogP contribution in [0, 0.1) is 0 Å². The Hall–Kier alpha value is -0.620. The molecule has 0 atom stereocenters. The van der Waals surface area contributed by atoms with Crippen LogP contribution >= 0.6 is 15.9 Å². The SMILES string of the molecule is CCNCc1ccc(Br)cc1N1CCC(OCCO)CC1. The molecule has 0 spiro atoms. The maximum absolute atomic E-state index is 8.83. The van der Waals surface area contributed by atoms with Gasteiger partial charge in [-0.3, -0.25) is 0 Å². The second-order valence-electron chi connectivity index (χ2n) is 5.33. The topological polar surface area (TPSA) is 44.7 Å². The number of hydrogen-bond donors (Lipinski definition) is 2. The van der Waals surface area contributed by atoms with Crippen molar-refractivity contribution in [3.8, 4) is 0 Å². The molecule has 5 heteroatoms. The molecule has 1 heterocycles. The first-order valence-electron chi connectivity index (χ1n) is 7.71. The third kappa shape index (κ3) is 4.95. The highest BCUT2D eigenvalue weighted by atomic mass is 79.9. The van der Waals surface area contributed by atoms with Crippen LogP contribution in [0.4, 0.5) is 5.69 Å². The normalized spacial score (nSPS) is 16.4. The summed E-state index contributed by atoms with van der Waals surface area (Å²) < 4.78 is 6.76. The van der Waals surface area contributed by atoms with Gasteiger partial charge in [0, 0.05) is 29.8 Å². The molecule has 0 bridgehead atoms. The van der Waals surface area contributed by atoms with Crippen molar-refractivity contribution in [2.45, 2.75) is 32.4 Å².